The van der Waals surface area contributed by atoms with Gasteiger partial charge in [0.15, 0.2) is 0 Å². The van der Waals surface area contributed by atoms with Crippen molar-refractivity contribution < 1.29 is 18.0 Å². The van der Waals surface area contributed by atoms with Crippen LogP contribution in [0.2, 0.25) is 0 Å². The summed E-state index contributed by atoms with van der Waals surface area (Å²) < 4.78 is 29.1. The minimum atomic E-state index is -3.92. The standard InChI is InChI=1S/C25H32N4O4S/c1-18(2)24(25(31)29-15-13-28(14-16-29)20-8-4-3-5-9-20)27-34(32,33)21-11-12-22-19(17-21)7-6-10-23(30)26-22/h3-5,8-9,11-12,17-18,24,27H,6-7,10,13-16H2,1-2H3,(H,26,30)/t24-/m1/s1. The van der Waals surface area contributed by atoms with Crippen LogP contribution in [0.5, 0.6) is 0 Å². The average molecular weight is 485 g/mol. The first-order chi connectivity index (χ1) is 16.2. The predicted octanol–water partition coefficient (Wildman–Crippen LogP) is 2.61. The minimum absolute atomic E-state index is 0.0645. The van der Waals surface area contributed by atoms with Crippen molar-refractivity contribution in [1.82, 2.24) is 9.62 Å². The van der Waals surface area contributed by atoms with E-state index in [0.29, 0.717) is 51.1 Å². The number of fused-ring (bicyclic) bond motifs is 1. The molecule has 2 aromatic carbocycles. The highest BCUT2D eigenvalue weighted by atomic mass is 32.2. The van der Waals surface area contributed by atoms with Gasteiger partial charge in [0, 0.05) is 44.0 Å². The number of para-hydroxylation sites is 1. The molecule has 2 aliphatic heterocycles. The van der Waals surface area contributed by atoms with Crippen LogP contribution in [0, 0.1) is 5.92 Å². The Balaban J connectivity index is 1.46. The number of hydrogen-bond donors (Lipinski definition) is 2. The van der Waals surface area contributed by atoms with Gasteiger partial charge in [-0.2, -0.15) is 4.72 Å². The Kier molecular flexibility index (Phi) is 7.23. The molecule has 0 saturated carbocycles. The quantitative estimate of drug-likeness (QED) is 0.657. The molecule has 0 unspecified atom stereocenters. The minimum Gasteiger partial charge on any atom is -0.368 e. The van der Waals surface area contributed by atoms with Crippen molar-refractivity contribution in [2.45, 2.75) is 44.0 Å². The number of hydrogen-bond acceptors (Lipinski definition) is 5. The topological polar surface area (TPSA) is 98.8 Å². The van der Waals surface area contributed by atoms with Crippen LogP contribution in [0.4, 0.5) is 11.4 Å². The molecule has 182 valence electrons. The molecule has 8 nitrogen and oxygen atoms in total. The molecule has 0 bridgehead atoms. The third kappa shape index (κ3) is 5.42. The maximum absolute atomic E-state index is 13.3. The van der Waals surface area contributed by atoms with E-state index in [4.69, 9.17) is 0 Å². The van der Waals surface area contributed by atoms with E-state index in [1.807, 2.05) is 32.0 Å². The number of rotatable bonds is 6. The number of benzene rings is 2. The van der Waals surface area contributed by atoms with Crippen LogP contribution in [0.25, 0.3) is 0 Å². The van der Waals surface area contributed by atoms with Gasteiger partial charge < -0.3 is 15.1 Å². The van der Waals surface area contributed by atoms with Crippen LogP contribution in [0.1, 0.15) is 32.3 Å². The first kappa shape index (κ1) is 24.2. The molecule has 2 N–H and O–H groups in total. The molecule has 34 heavy (non-hydrogen) atoms. The highest BCUT2D eigenvalue weighted by Crippen LogP contribution is 2.26. The third-order valence-electron chi connectivity index (χ3n) is 6.44. The molecule has 0 aliphatic carbocycles. The summed E-state index contributed by atoms with van der Waals surface area (Å²) in [4.78, 5) is 29.2. The summed E-state index contributed by atoms with van der Waals surface area (Å²) in [6.45, 7) is 6.16. The zero-order valence-corrected chi connectivity index (χ0v) is 20.5. The number of nitrogens with one attached hydrogen (secondary N) is 2. The smallest absolute Gasteiger partial charge is 0.241 e. The van der Waals surface area contributed by atoms with Crippen LogP contribution < -0.4 is 14.9 Å². The summed E-state index contributed by atoms with van der Waals surface area (Å²) in [6, 6.07) is 13.9. The Bertz CT molecular complexity index is 1140. The molecule has 1 atom stereocenters. The Morgan fingerprint density at radius 3 is 2.38 bits per heavy atom. The lowest BCUT2D eigenvalue weighted by molar-refractivity contribution is -0.134. The normalized spacial score (nSPS) is 17.7. The summed E-state index contributed by atoms with van der Waals surface area (Å²) in [5.41, 5.74) is 2.56. The Hall–Kier alpha value is -2.91. The van der Waals surface area contributed by atoms with E-state index < -0.39 is 16.1 Å². The Labute approximate surface area is 201 Å². The fourth-order valence-corrected chi connectivity index (χ4v) is 5.83. The zero-order valence-electron chi connectivity index (χ0n) is 19.7. The van der Waals surface area contributed by atoms with Gasteiger partial charge in [-0.15, -0.1) is 0 Å². The van der Waals surface area contributed by atoms with Crippen LogP contribution in [-0.4, -0.2) is 57.4 Å². The average Bonchev–Trinajstić information content (AvgIpc) is 3.02. The number of carbonyl (C=O) groups is 2. The third-order valence-corrected chi connectivity index (χ3v) is 7.88. The lowest BCUT2D eigenvalue weighted by atomic mass is 10.0. The van der Waals surface area contributed by atoms with Crippen LogP contribution in [0.3, 0.4) is 0 Å². The number of nitrogens with zero attached hydrogens (tertiary/aromatic N) is 2. The molecule has 2 aromatic rings. The van der Waals surface area contributed by atoms with Gasteiger partial charge in [-0.3, -0.25) is 9.59 Å². The lowest BCUT2D eigenvalue weighted by Gasteiger charge is -2.38. The number of aryl methyl sites for hydroxylation is 1. The number of sulfonamides is 1. The largest absolute Gasteiger partial charge is 0.368 e. The van der Waals surface area contributed by atoms with E-state index in [1.165, 1.54) is 6.07 Å². The Morgan fingerprint density at radius 2 is 1.71 bits per heavy atom. The van der Waals surface area contributed by atoms with Crippen molar-refractivity contribution in [3.8, 4) is 0 Å². The second-order valence-electron chi connectivity index (χ2n) is 9.21. The van der Waals surface area contributed by atoms with E-state index in [9.17, 15) is 18.0 Å². The SMILES string of the molecule is CC(C)[C@@H](NS(=O)(=O)c1ccc2c(c1)CCCC(=O)N2)C(=O)N1CCN(c2ccccc2)CC1. The van der Waals surface area contributed by atoms with Gasteiger partial charge in [0.1, 0.15) is 6.04 Å². The lowest BCUT2D eigenvalue weighted by Crippen LogP contribution is -2.56. The second kappa shape index (κ2) is 10.1. The summed E-state index contributed by atoms with van der Waals surface area (Å²) in [5.74, 6) is -0.479. The van der Waals surface area contributed by atoms with E-state index in [2.05, 4.69) is 27.1 Å². The van der Waals surface area contributed by atoms with Crippen LogP contribution in [0.15, 0.2) is 53.4 Å². The fraction of sp³-hybridized carbons (Fsp3) is 0.440. The van der Waals surface area contributed by atoms with Crippen molar-refractivity contribution in [2.75, 3.05) is 36.4 Å². The maximum Gasteiger partial charge on any atom is 0.241 e. The molecule has 2 amide bonds. The molecular formula is C25H32N4O4S. The van der Waals surface area contributed by atoms with Gasteiger partial charge in [-0.1, -0.05) is 32.0 Å². The number of anilines is 2. The number of carbonyl (C=O) groups excluding carboxylic acids is 2. The molecule has 2 heterocycles. The van der Waals surface area contributed by atoms with Gasteiger partial charge in [-0.25, -0.2) is 8.42 Å². The maximum atomic E-state index is 13.3. The molecule has 2 aliphatic rings. The van der Waals surface area contributed by atoms with Crippen molar-refractivity contribution in [1.29, 1.82) is 0 Å². The van der Waals surface area contributed by atoms with Gasteiger partial charge in [-0.05, 0) is 54.7 Å². The predicted molar refractivity (Wildman–Crippen MR) is 132 cm³/mol. The van der Waals surface area contributed by atoms with Crippen molar-refractivity contribution in [3.63, 3.8) is 0 Å². The highest BCUT2D eigenvalue weighted by Gasteiger charge is 2.33. The molecule has 9 heteroatoms. The van der Waals surface area contributed by atoms with Crippen molar-refractivity contribution in [3.05, 3.63) is 54.1 Å². The molecule has 0 spiro atoms. The van der Waals surface area contributed by atoms with E-state index in [-0.39, 0.29) is 22.6 Å². The molecular weight excluding hydrogens is 452 g/mol. The van der Waals surface area contributed by atoms with Crippen LogP contribution in [-0.2, 0) is 26.0 Å². The van der Waals surface area contributed by atoms with Crippen LogP contribution >= 0.6 is 0 Å². The summed E-state index contributed by atoms with van der Waals surface area (Å²) in [5, 5.41) is 2.82. The van der Waals surface area contributed by atoms with Crippen molar-refractivity contribution >= 4 is 33.2 Å². The van der Waals surface area contributed by atoms with Gasteiger partial charge >= 0.3 is 0 Å². The molecule has 0 aromatic heterocycles. The number of piperazine rings is 1. The Morgan fingerprint density at radius 1 is 1.00 bits per heavy atom. The first-order valence-corrected chi connectivity index (χ1v) is 13.3. The monoisotopic (exact) mass is 484 g/mol. The first-order valence-electron chi connectivity index (χ1n) is 11.8. The second-order valence-corrected chi connectivity index (χ2v) is 10.9. The molecule has 1 saturated heterocycles. The zero-order chi connectivity index (χ0) is 24.3. The van der Waals surface area contributed by atoms with Gasteiger partial charge in [0.05, 0.1) is 4.90 Å². The van der Waals surface area contributed by atoms with E-state index in [1.54, 1.807) is 17.0 Å². The van der Waals surface area contributed by atoms with Gasteiger partial charge in [0.25, 0.3) is 0 Å². The van der Waals surface area contributed by atoms with E-state index >= 15 is 0 Å². The van der Waals surface area contributed by atoms with Crippen molar-refractivity contribution in [2.24, 2.45) is 5.92 Å². The van der Waals surface area contributed by atoms with Gasteiger partial charge in [0.2, 0.25) is 21.8 Å². The molecule has 4 rings (SSSR count). The summed E-state index contributed by atoms with van der Waals surface area (Å²) in [7, 11) is -3.92. The summed E-state index contributed by atoms with van der Waals surface area (Å²) in [6.07, 6.45) is 1.70. The molecule has 0 radical (unpaired) electrons. The highest BCUT2D eigenvalue weighted by molar-refractivity contribution is 7.89. The number of amides is 2. The van der Waals surface area contributed by atoms with E-state index in [0.717, 1.165) is 11.3 Å². The fourth-order valence-electron chi connectivity index (χ4n) is 4.45. The summed E-state index contributed by atoms with van der Waals surface area (Å²) >= 11 is 0. The molecule has 1 fully saturated rings.